The Balaban J connectivity index is 2.52. The van der Waals surface area contributed by atoms with E-state index in [1.165, 1.54) is 0 Å². The van der Waals surface area contributed by atoms with Crippen molar-refractivity contribution in [3.8, 4) is 6.07 Å². The first-order valence-corrected chi connectivity index (χ1v) is 6.82. The number of nitriles is 1. The summed E-state index contributed by atoms with van der Waals surface area (Å²) in [6.45, 7) is 6.60. The van der Waals surface area contributed by atoms with E-state index in [4.69, 9.17) is 0 Å². The van der Waals surface area contributed by atoms with Gasteiger partial charge in [0.25, 0.3) is 0 Å². The highest BCUT2D eigenvalue weighted by molar-refractivity contribution is 5.79. The molecule has 0 heterocycles. The average Bonchev–Trinajstić information content (AvgIpc) is 2.39. The zero-order chi connectivity index (χ0) is 15.2. The Labute approximate surface area is 121 Å². The van der Waals surface area contributed by atoms with Crippen molar-refractivity contribution in [1.29, 1.82) is 5.26 Å². The molecule has 4 nitrogen and oxygen atoms in total. The van der Waals surface area contributed by atoms with Gasteiger partial charge in [-0.1, -0.05) is 44.2 Å². The summed E-state index contributed by atoms with van der Waals surface area (Å²) in [4.78, 5) is 14.0. The van der Waals surface area contributed by atoms with Crippen LogP contribution in [0.5, 0.6) is 0 Å². The molecule has 4 heteroatoms. The van der Waals surface area contributed by atoms with E-state index in [0.29, 0.717) is 6.54 Å². The molecule has 0 fully saturated rings. The molecule has 1 N–H and O–H groups in total. The molecule has 0 unspecified atom stereocenters. The average molecular weight is 273 g/mol. The molecule has 0 aliphatic heterocycles. The molecule has 20 heavy (non-hydrogen) atoms. The van der Waals surface area contributed by atoms with Crippen LogP contribution in [0, 0.1) is 17.2 Å². The standard InChI is InChI=1S/C16H23N3O/c1-13(2)16(3,12-17)18-15(20)11-19(4)10-14-8-6-5-7-9-14/h5-9,13H,10-11H2,1-4H3,(H,18,20)/t16-/m1/s1. The molecule has 1 rings (SSSR count). The van der Waals surface area contributed by atoms with Crippen LogP contribution in [0.2, 0.25) is 0 Å². The highest BCUT2D eigenvalue weighted by atomic mass is 16.2. The molecule has 0 aliphatic rings. The second kappa shape index (κ2) is 7.06. The van der Waals surface area contributed by atoms with Crippen LogP contribution < -0.4 is 5.32 Å². The van der Waals surface area contributed by atoms with Crippen LogP contribution in [0.25, 0.3) is 0 Å². The molecular formula is C16H23N3O. The number of rotatable bonds is 6. The molecule has 0 radical (unpaired) electrons. The van der Waals surface area contributed by atoms with Crippen molar-refractivity contribution >= 4 is 5.91 Å². The van der Waals surface area contributed by atoms with Gasteiger partial charge in [0.15, 0.2) is 0 Å². The van der Waals surface area contributed by atoms with Crippen molar-refractivity contribution in [2.24, 2.45) is 5.92 Å². The molecule has 0 aromatic heterocycles. The van der Waals surface area contributed by atoms with Crippen LogP contribution in [0.4, 0.5) is 0 Å². The fourth-order valence-electron chi connectivity index (χ4n) is 1.83. The molecule has 1 aromatic rings. The van der Waals surface area contributed by atoms with Crippen molar-refractivity contribution < 1.29 is 4.79 Å². The second-order valence-electron chi connectivity index (χ2n) is 5.67. The monoisotopic (exact) mass is 273 g/mol. The Bertz CT molecular complexity index is 478. The van der Waals surface area contributed by atoms with Crippen molar-refractivity contribution in [3.05, 3.63) is 35.9 Å². The van der Waals surface area contributed by atoms with E-state index in [1.807, 2.05) is 56.1 Å². The van der Waals surface area contributed by atoms with Gasteiger partial charge in [-0.05, 0) is 25.5 Å². The van der Waals surface area contributed by atoms with Gasteiger partial charge in [-0.3, -0.25) is 9.69 Å². The van der Waals surface area contributed by atoms with Crippen LogP contribution in [-0.2, 0) is 11.3 Å². The SMILES string of the molecule is CC(C)[C@@](C)(C#N)NC(=O)CN(C)Cc1ccccc1. The molecule has 0 saturated heterocycles. The number of carbonyl (C=O) groups excluding carboxylic acids is 1. The van der Waals surface area contributed by atoms with Crippen molar-refractivity contribution in [3.63, 3.8) is 0 Å². The first-order valence-electron chi connectivity index (χ1n) is 6.82. The van der Waals surface area contributed by atoms with E-state index in [2.05, 4.69) is 11.4 Å². The molecule has 1 amide bonds. The minimum Gasteiger partial charge on any atom is -0.337 e. The van der Waals surface area contributed by atoms with Crippen LogP contribution in [0.1, 0.15) is 26.3 Å². The highest BCUT2D eigenvalue weighted by Crippen LogP contribution is 2.15. The molecule has 108 valence electrons. The summed E-state index contributed by atoms with van der Waals surface area (Å²) in [5.74, 6) is -0.0583. The number of amides is 1. The number of hydrogen-bond donors (Lipinski definition) is 1. The van der Waals surface area contributed by atoms with Crippen LogP contribution >= 0.6 is 0 Å². The van der Waals surface area contributed by atoms with Gasteiger partial charge in [-0.2, -0.15) is 5.26 Å². The molecule has 1 atom stereocenters. The van der Waals surface area contributed by atoms with E-state index in [-0.39, 0.29) is 18.4 Å². The summed E-state index contributed by atoms with van der Waals surface area (Å²) in [5.41, 5.74) is 0.347. The lowest BCUT2D eigenvalue weighted by molar-refractivity contribution is -0.123. The fraction of sp³-hybridized carbons (Fsp3) is 0.500. The summed E-state index contributed by atoms with van der Waals surface area (Å²) in [6, 6.07) is 12.2. The zero-order valence-corrected chi connectivity index (χ0v) is 12.7. The van der Waals surface area contributed by atoms with Crippen molar-refractivity contribution in [2.75, 3.05) is 13.6 Å². The molecule has 0 saturated carbocycles. The number of likely N-dealkylation sites (N-methyl/N-ethyl adjacent to an activating group) is 1. The van der Waals surface area contributed by atoms with E-state index < -0.39 is 5.54 Å². The topological polar surface area (TPSA) is 56.1 Å². The lowest BCUT2D eigenvalue weighted by Crippen LogP contribution is -2.51. The van der Waals surface area contributed by atoms with E-state index >= 15 is 0 Å². The summed E-state index contributed by atoms with van der Waals surface area (Å²) < 4.78 is 0. The Morgan fingerprint density at radius 3 is 2.50 bits per heavy atom. The lowest BCUT2D eigenvalue weighted by Gasteiger charge is -2.28. The number of hydrogen-bond acceptors (Lipinski definition) is 3. The third kappa shape index (κ3) is 4.67. The van der Waals surface area contributed by atoms with Crippen LogP contribution in [-0.4, -0.2) is 29.9 Å². The van der Waals surface area contributed by atoms with E-state index in [9.17, 15) is 10.1 Å². The lowest BCUT2D eigenvalue weighted by atomic mass is 9.90. The van der Waals surface area contributed by atoms with E-state index in [1.54, 1.807) is 6.92 Å². The fourth-order valence-corrected chi connectivity index (χ4v) is 1.83. The van der Waals surface area contributed by atoms with Gasteiger partial charge in [0, 0.05) is 6.54 Å². The quantitative estimate of drug-likeness (QED) is 0.864. The van der Waals surface area contributed by atoms with Crippen LogP contribution in [0.15, 0.2) is 30.3 Å². The van der Waals surface area contributed by atoms with Gasteiger partial charge in [-0.15, -0.1) is 0 Å². The van der Waals surface area contributed by atoms with E-state index in [0.717, 1.165) is 5.56 Å². The first-order chi connectivity index (χ1) is 9.37. The van der Waals surface area contributed by atoms with Crippen molar-refractivity contribution in [2.45, 2.75) is 32.9 Å². The summed E-state index contributed by atoms with van der Waals surface area (Å²) in [5, 5.41) is 12.0. The minimum atomic E-state index is -0.815. The van der Waals surface area contributed by atoms with Gasteiger partial charge in [0.2, 0.25) is 5.91 Å². The Morgan fingerprint density at radius 1 is 1.40 bits per heavy atom. The zero-order valence-electron chi connectivity index (χ0n) is 12.7. The maximum absolute atomic E-state index is 12.0. The Kier molecular flexibility index (Phi) is 5.72. The summed E-state index contributed by atoms with van der Waals surface area (Å²) >= 11 is 0. The summed E-state index contributed by atoms with van der Waals surface area (Å²) in [6.07, 6.45) is 0. The Morgan fingerprint density at radius 2 is 2.00 bits per heavy atom. The smallest absolute Gasteiger partial charge is 0.235 e. The first kappa shape index (κ1) is 16.2. The third-order valence-electron chi connectivity index (χ3n) is 3.49. The summed E-state index contributed by atoms with van der Waals surface area (Å²) in [7, 11) is 1.89. The molecule has 0 bridgehead atoms. The highest BCUT2D eigenvalue weighted by Gasteiger charge is 2.30. The number of nitrogens with one attached hydrogen (secondary N) is 1. The van der Waals surface area contributed by atoms with Gasteiger partial charge >= 0.3 is 0 Å². The van der Waals surface area contributed by atoms with Gasteiger partial charge < -0.3 is 5.32 Å². The second-order valence-corrected chi connectivity index (χ2v) is 5.67. The largest absolute Gasteiger partial charge is 0.337 e. The molecular weight excluding hydrogens is 250 g/mol. The van der Waals surface area contributed by atoms with Crippen LogP contribution in [0.3, 0.4) is 0 Å². The minimum absolute atomic E-state index is 0.0656. The van der Waals surface area contributed by atoms with Gasteiger partial charge in [0.05, 0.1) is 12.6 Å². The number of carbonyl (C=O) groups is 1. The number of nitrogens with zero attached hydrogens (tertiary/aromatic N) is 2. The maximum atomic E-state index is 12.0. The molecule has 0 spiro atoms. The van der Waals surface area contributed by atoms with Gasteiger partial charge in [0.1, 0.15) is 5.54 Å². The third-order valence-corrected chi connectivity index (χ3v) is 3.49. The maximum Gasteiger partial charge on any atom is 0.235 e. The molecule has 1 aromatic carbocycles. The normalized spacial score (nSPS) is 13.8. The Hall–Kier alpha value is -1.86. The van der Waals surface area contributed by atoms with Crippen molar-refractivity contribution in [1.82, 2.24) is 10.2 Å². The number of benzene rings is 1. The molecule has 0 aliphatic carbocycles. The van der Waals surface area contributed by atoms with Gasteiger partial charge in [-0.25, -0.2) is 0 Å². The predicted molar refractivity (Wildman–Crippen MR) is 79.8 cm³/mol. The predicted octanol–water partition coefficient (Wildman–Crippen LogP) is 2.17.